The van der Waals surface area contributed by atoms with Crippen molar-refractivity contribution in [3.8, 4) is 5.75 Å². The fraction of sp³-hybridized carbons (Fsp3) is 0.562. The van der Waals surface area contributed by atoms with E-state index in [4.69, 9.17) is 9.84 Å². The molecule has 1 atom stereocenters. The summed E-state index contributed by atoms with van der Waals surface area (Å²) < 4.78 is 5.61. The summed E-state index contributed by atoms with van der Waals surface area (Å²) in [5.41, 5.74) is 1.05. The molecule has 0 heterocycles. The summed E-state index contributed by atoms with van der Waals surface area (Å²) in [6.07, 6.45) is 0. The van der Waals surface area contributed by atoms with E-state index in [1.807, 2.05) is 38.1 Å². The van der Waals surface area contributed by atoms with Gasteiger partial charge in [0, 0.05) is 6.54 Å². The van der Waals surface area contributed by atoms with Crippen LogP contribution in [0.15, 0.2) is 24.3 Å². The van der Waals surface area contributed by atoms with Crippen LogP contribution in [0.1, 0.15) is 33.3 Å². The van der Waals surface area contributed by atoms with Crippen molar-refractivity contribution < 1.29 is 14.6 Å². The Morgan fingerprint density at radius 2 is 1.80 bits per heavy atom. The smallest absolute Gasteiger partial charge is 0.320 e. The van der Waals surface area contributed by atoms with Gasteiger partial charge >= 0.3 is 5.97 Å². The van der Waals surface area contributed by atoms with E-state index in [1.165, 1.54) is 0 Å². The van der Waals surface area contributed by atoms with E-state index in [0.717, 1.165) is 11.3 Å². The third-order valence-electron chi connectivity index (χ3n) is 2.97. The van der Waals surface area contributed by atoms with Crippen LogP contribution in [-0.4, -0.2) is 23.7 Å². The Morgan fingerprint density at radius 3 is 2.25 bits per heavy atom. The largest absolute Gasteiger partial charge is 0.493 e. The molecule has 0 aliphatic carbocycles. The highest BCUT2D eigenvalue weighted by Gasteiger charge is 2.20. The van der Waals surface area contributed by atoms with Crippen molar-refractivity contribution in [3.05, 3.63) is 29.8 Å². The van der Waals surface area contributed by atoms with Gasteiger partial charge in [-0.3, -0.25) is 4.79 Å². The molecule has 0 bridgehead atoms. The first-order chi connectivity index (χ1) is 9.40. The lowest BCUT2D eigenvalue weighted by Gasteiger charge is -2.18. The van der Waals surface area contributed by atoms with Gasteiger partial charge < -0.3 is 15.2 Å². The minimum absolute atomic E-state index is 0.0566. The average Bonchev–Trinajstić information content (AvgIpc) is 2.37. The van der Waals surface area contributed by atoms with E-state index in [1.54, 1.807) is 0 Å². The molecule has 0 saturated heterocycles. The van der Waals surface area contributed by atoms with E-state index in [9.17, 15) is 4.79 Å². The van der Waals surface area contributed by atoms with Gasteiger partial charge in [0.1, 0.15) is 11.8 Å². The second-order valence-corrected chi connectivity index (χ2v) is 5.79. The van der Waals surface area contributed by atoms with Crippen LogP contribution in [-0.2, 0) is 11.3 Å². The van der Waals surface area contributed by atoms with Crippen molar-refractivity contribution in [1.29, 1.82) is 0 Å². The molecule has 0 amide bonds. The molecule has 1 rings (SSSR count). The molecule has 1 aromatic rings. The molecule has 0 saturated carbocycles. The van der Waals surface area contributed by atoms with Gasteiger partial charge in [-0.05, 0) is 29.5 Å². The van der Waals surface area contributed by atoms with Gasteiger partial charge in [-0.1, -0.05) is 39.8 Å². The first-order valence-corrected chi connectivity index (χ1v) is 7.08. The minimum atomic E-state index is -0.808. The molecule has 4 heteroatoms. The number of rotatable bonds is 8. The van der Waals surface area contributed by atoms with Crippen LogP contribution in [0.4, 0.5) is 0 Å². The molecule has 0 fully saturated rings. The van der Waals surface area contributed by atoms with Crippen LogP contribution >= 0.6 is 0 Å². The Labute approximate surface area is 121 Å². The molecule has 0 radical (unpaired) electrons. The second kappa shape index (κ2) is 7.90. The lowest BCUT2D eigenvalue weighted by atomic mass is 10.0. The average molecular weight is 279 g/mol. The van der Waals surface area contributed by atoms with Crippen LogP contribution in [0.5, 0.6) is 5.75 Å². The van der Waals surface area contributed by atoms with Crippen molar-refractivity contribution in [2.75, 3.05) is 6.61 Å². The first-order valence-electron chi connectivity index (χ1n) is 7.08. The molecular weight excluding hydrogens is 254 g/mol. The number of ether oxygens (including phenoxy) is 1. The summed E-state index contributed by atoms with van der Waals surface area (Å²) >= 11 is 0. The number of carboxylic acids is 1. The van der Waals surface area contributed by atoms with E-state index < -0.39 is 12.0 Å². The quantitative estimate of drug-likeness (QED) is 0.768. The van der Waals surface area contributed by atoms with Crippen LogP contribution < -0.4 is 10.1 Å². The van der Waals surface area contributed by atoms with E-state index >= 15 is 0 Å². The normalized spacial score (nSPS) is 12.7. The van der Waals surface area contributed by atoms with Gasteiger partial charge in [-0.25, -0.2) is 0 Å². The van der Waals surface area contributed by atoms with Crippen LogP contribution in [0.25, 0.3) is 0 Å². The van der Waals surface area contributed by atoms with Gasteiger partial charge in [0.15, 0.2) is 0 Å². The molecule has 0 aliphatic heterocycles. The summed E-state index contributed by atoms with van der Waals surface area (Å²) in [5.74, 6) is 0.595. The highest BCUT2D eigenvalue weighted by Crippen LogP contribution is 2.13. The number of hydrogen-bond donors (Lipinski definition) is 2. The molecular formula is C16H25NO3. The lowest BCUT2D eigenvalue weighted by molar-refractivity contribution is -0.140. The van der Waals surface area contributed by atoms with E-state index in [-0.39, 0.29) is 5.92 Å². The first kappa shape index (κ1) is 16.5. The van der Waals surface area contributed by atoms with Crippen molar-refractivity contribution in [1.82, 2.24) is 5.32 Å². The summed E-state index contributed by atoms with van der Waals surface area (Å²) in [6.45, 7) is 9.25. The maximum atomic E-state index is 11.1. The van der Waals surface area contributed by atoms with Crippen molar-refractivity contribution in [2.24, 2.45) is 11.8 Å². The van der Waals surface area contributed by atoms with Gasteiger partial charge in [0.2, 0.25) is 0 Å². The zero-order chi connectivity index (χ0) is 15.1. The highest BCUT2D eigenvalue weighted by molar-refractivity contribution is 5.73. The van der Waals surface area contributed by atoms with E-state index in [2.05, 4.69) is 19.2 Å². The van der Waals surface area contributed by atoms with Gasteiger partial charge in [0.25, 0.3) is 0 Å². The molecule has 0 spiro atoms. The summed E-state index contributed by atoms with van der Waals surface area (Å²) in [7, 11) is 0. The molecule has 1 aromatic carbocycles. The number of hydrogen-bond acceptors (Lipinski definition) is 3. The Balaban J connectivity index is 2.50. The maximum absolute atomic E-state index is 11.1. The van der Waals surface area contributed by atoms with Crippen molar-refractivity contribution in [2.45, 2.75) is 40.3 Å². The predicted molar refractivity (Wildman–Crippen MR) is 79.9 cm³/mol. The third-order valence-corrected chi connectivity index (χ3v) is 2.97. The van der Waals surface area contributed by atoms with E-state index in [0.29, 0.717) is 19.1 Å². The van der Waals surface area contributed by atoms with Gasteiger partial charge in [-0.2, -0.15) is 0 Å². The van der Waals surface area contributed by atoms with Gasteiger partial charge in [0.05, 0.1) is 6.61 Å². The number of aliphatic carboxylic acids is 1. The standard InChI is InChI=1S/C16H25NO3/c1-11(2)10-20-14-7-5-13(6-8-14)9-17-15(12(3)4)16(18)19/h5-8,11-12,15,17H,9-10H2,1-4H3,(H,18,19)/t15-/m0/s1. The number of carbonyl (C=O) groups is 1. The molecule has 20 heavy (non-hydrogen) atoms. The Hall–Kier alpha value is -1.55. The maximum Gasteiger partial charge on any atom is 0.320 e. The predicted octanol–water partition coefficient (Wildman–Crippen LogP) is 2.92. The molecule has 112 valence electrons. The Morgan fingerprint density at radius 1 is 1.20 bits per heavy atom. The minimum Gasteiger partial charge on any atom is -0.493 e. The molecule has 0 unspecified atom stereocenters. The molecule has 4 nitrogen and oxygen atoms in total. The highest BCUT2D eigenvalue weighted by atomic mass is 16.5. The SMILES string of the molecule is CC(C)COc1ccc(CN[C@H](C(=O)O)C(C)C)cc1. The second-order valence-electron chi connectivity index (χ2n) is 5.79. The van der Waals surface area contributed by atoms with Gasteiger partial charge in [-0.15, -0.1) is 0 Å². The Bertz CT molecular complexity index is 412. The summed E-state index contributed by atoms with van der Waals surface area (Å²) in [5, 5.41) is 12.2. The summed E-state index contributed by atoms with van der Waals surface area (Å²) in [6, 6.07) is 7.24. The monoisotopic (exact) mass is 279 g/mol. The molecule has 0 aromatic heterocycles. The topological polar surface area (TPSA) is 58.6 Å². The Kier molecular flexibility index (Phi) is 6.52. The summed E-state index contributed by atoms with van der Waals surface area (Å²) in [4.78, 5) is 11.1. The lowest BCUT2D eigenvalue weighted by Crippen LogP contribution is -2.40. The van der Waals surface area contributed by atoms with Crippen molar-refractivity contribution >= 4 is 5.97 Å². The third kappa shape index (κ3) is 5.61. The zero-order valence-corrected chi connectivity index (χ0v) is 12.7. The fourth-order valence-corrected chi connectivity index (χ4v) is 1.80. The van der Waals surface area contributed by atoms with Crippen LogP contribution in [0, 0.1) is 11.8 Å². The molecule has 2 N–H and O–H groups in total. The van der Waals surface area contributed by atoms with Crippen LogP contribution in [0.2, 0.25) is 0 Å². The number of carboxylic acid groups (broad SMARTS) is 1. The number of nitrogens with one attached hydrogen (secondary N) is 1. The molecule has 0 aliphatic rings. The fourth-order valence-electron chi connectivity index (χ4n) is 1.80. The zero-order valence-electron chi connectivity index (χ0n) is 12.7. The number of benzene rings is 1. The van der Waals surface area contributed by atoms with Crippen LogP contribution in [0.3, 0.4) is 0 Å². The van der Waals surface area contributed by atoms with Crippen molar-refractivity contribution in [3.63, 3.8) is 0 Å².